The van der Waals surface area contributed by atoms with E-state index in [1.54, 1.807) is 0 Å². The van der Waals surface area contributed by atoms with Crippen molar-refractivity contribution in [2.24, 2.45) is 5.92 Å². The van der Waals surface area contributed by atoms with E-state index < -0.39 is 11.9 Å². The van der Waals surface area contributed by atoms with Gasteiger partial charge in [-0.15, -0.1) is 0 Å². The van der Waals surface area contributed by atoms with Crippen molar-refractivity contribution in [1.29, 1.82) is 0 Å². The quantitative estimate of drug-likeness (QED) is 0.520. The number of esters is 2. The van der Waals surface area contributed by atoms with Crippen LogP contribution < -0.4 is 0 Å². The average Bonchev–Trinajstić information content (AvgIpc) is 2.16. The van der Waals surface area contributed by atoms with Crippen molar-refractivity contribution in [2.75, 3.05) is 13.1 Å². The van der Waals surface area contributed by atoms with E-state index in [2.05, 4.69) is 25.5 Å². The summed E-state index contributed by atoms with van der Waals surface area (Å²) in [6.45, 7) is 6.86. The maximum absolute atomic E-state index is 11.1. The van der Waals surface area contributed by atoms with E-state index in [0.717, 1.165) is 12.8 Å². The lowest BCUT2D eigenvalue weighted by atomic mass is 9.99. The molecule has 1 rings (SSSR count). The van der Waals surface area contributed by atoms with Gasteiger partial charge in [-0.1, -0.05) is 20.3 Å². The van der Waals surface area contributed by atoms with Gasteiger partial charge in [-0.2, -0.15) is 0 Å². The second kappa shape index (κ2) is 5.26. The fourth-order valence-electron chi connectivity index (χ4n) is 1.79. The molecule has 0 aliphatic carbocycles. The summed E-state index contributed by atoms with van der Waals surface area (Å²) in [7, 11) is 0. The van der Waals surface area contributed by atoms with Crippen molar-refractivity contribution in [1.82, 2.24) is 4.90 Å². The molecule has 0 spiro atoms. The summed E-state index contributed by atoms with van der Waals surface area (Å²) >= 11 is 0. The Balaban J connectivity index is 2.47. The third-order valence-corrected chi connectivity index (χ3v) is 2.96. The smallest absolute Gasteiger partial charge is 0.327 e. The summed E-state index contributed by atoms with van der Waals surface area (Å²) in [6.07, 6.45) is 2.13. The first-order valence-corrected chi connectivity index (χ1v) is 5.50. The number of hydrogen-bond acceptors (Lipinski definition) is 4. The van der Waals surface area contributed by atoms with Crippen molar-refractivity contribution in [3.8, 4) is 0 Å². The van der Waals surface area contributed by atoms with Gasteiger partial charge in [0.2, 0.25) is 0 Å². The third kappa shape index (κ3) is 3.63. The van der Waals surface area contributed by atoms with E-state index in [-0.39, 0.29) is 19.1 Å². The predicted octanol–water partition coefficient (Wildman–Crippen LogP) is 1.20. The molecule has 1 heterocycles. The third-order valence-electron chi connectivity index (χ3n) is 2.96. The van der Waals surface area contributed by atoms with Crippen LogP contribution in [-0.2, 0) is 14.3 Å². The molecule has 0 aromatic heterocycles. The molecule has 1 fully saturated rings. The molecule has 1 saturated heterocycles. The fourth-order valence-corrected chi connectivity index (χ4v) is 1.79. The lowest BCUT2D eigenvalue weighted by Gasteiger charge is -2.31. The van der Waals surface area contributed by atoms with Gasteiger partial charge in [0.25, 0.3) is 0 Å². The molecule has 86 valence electrons. The SMILES string of the molecule is CCC(C)CC(C)N1CC(=O)OC(=O)C1. The number of carbonyl (C=O) groups is 2. The topological polar surface area (TPSA) is 46.6 Å². The Morgan fingerprint density at radius 1 is 1.27 bits per heavy atom. The molecule has 4 nitrogen and oxygen atoms in total. The minimum absolute atomic E-state index is 0.239. The molecule has 15 heavy (non-hydrogen) atoms. The van der Waals surface area contributed by atoms with E-state index in [0.29, 0.717) is 5.92 Å². The van der Waals surface area contributed by atoms with Gasteiger partial charge in [0, 0.05) is 6.04 Å². The standard InChI is InChI=1S/C11H19NO3/c1-4-8(2)5-9(3)12-6-10(13)15-11(14)7-12/h8-9H,4-7H2,1-3H3. The van der Waals surface area contributed by atoms with Gasteiger partial charge in [-0.25, -0.2) is 0 Å². The summed E-state index contributed by atoms with van der Waals surface area (Å²) in [5.41, 5.74) is 0. The fraction of sp³-hybridized carbons (Fsp3) is 0.818. The molecule has 0 bridgehead atoms. The molecule has 2 atom stereocenters. The highest BCUT2D eigenvalue weighted by molar-refractivity contribution is 5.90. The molecule has 0 amide bonds. The summed E-state index contributed by atoms with van der Waals surface area (Å²) in [5, 5.41) is 0. The van der Waals surface area contributed by atoms with Crippen molar-refractivity contribution in [3.63, 3.8) is 0 Å². The van der Waals surface area contributed by atoms with Gasteiger partial charge in [-0.3, -0.25) is 14.5 Å². The van der Waals surface area contributed by atoms with Crippen LogP contribution in [0.15, 0.2) is 0 Å². The highest BCUT2D eigenvalue weighted by Crippen LogP contribution is 2.15. The largest absolute Gasteiger partial charge is 0.391 e. The summed E-state index contributed by atoms with van der Waals surface area (Å²) in [4.78, 5) is 24.0. The molecule has 4 heteroatoms. The highest BCUT2D eigenvalue weighted by Gasteiger charge is 2.28. The predicted molar refractivity (Wildman–Crippen MR) is 56.2 cm³/mol. The normalized spacial score (nSPS) is 22.3. The van der Waals surface area contributed by atoms with E-state index >= 15 is 0 Å². The number of morpholine rings is 1. The number of cyclic esters (lactones) is 2. The maximum atomic E-state index is 11.1. The van der Waals surface area contributed by atoms with Crippen molar-refractivity contribution in [3.05, 3.63) is 0 Å². The Morgan fingerprint density at radius 3 is 2.27 bits per heavy atom. The Bertz CT molecular complexity index is 236. The second-order valence-corrected chi connectivity index (χ2v) is 4.35. The first-order chi connectivity index (χ1) is 7.02. The lowest BCUT2D eigenvalue weighted by Crippen LogP contribution is -2.47. The molecule has 0 aromatic carbocycles. The molecule has 1 aliphatic heterocycles. The van der Waals surface area contributed by atoms with Crippen LogP contribution in [0.4, 0.5) is 0 Å². The van der Waals surface area contributed by atoms with E-state index in [4.69, 9.17) is 0 Å². The molecule has 1 aliphatic rings. The van der Waals surface area contributed by atoms with Gasteiger partial charge in [0.05, 0.1) is 13.1 Å². The van der Waals surface area contributed by atoms with Gasteiger partial charge in [0.15, 0.2) is 0 Å². The van der Waals surface area contributed by atoms with E-state index in [9.17, 15) is 9.59 Å². The number of nitrogens with zero attached hydrogens (tertiary/aromatic N) is 1. The van der Waals surface area contributed by atoms with Crippen LogP contribution in [0.25, 0.3) is 0 Å². The van der Waals surface area contributed by atoms with Gasteiger partial charge >= 0.3 is 11.9 Å². The zero-order chi connectivity index (χ0) is 11.4. The summed E-state index contributed by atoms with van der Waals surface area (Å²) < 4.78 is 4.48. The van der Waals surface area contributed by atoms with E-state index in [1.807, 2.05) is 4.90 Å². The first kappa shape index (κ1) is 12.2. The second-order valence-electron chi connectivity index (χ2n) is 4.35. The molecular formula is C11H19NO3. The minimum Gasteiger partial charge on any atom is -0.391 e. The highest BCUT2D eigenvalue weighted by atomic mass is 16.6. The van der Waals surface area contributed by atoms with Crippen LogP contribution >= 0.6 is 0 Å². The van der Waals surface area contributed by atoms with Crippen LogP contribution in [0.2, 0.25) is 0 Å². The summed E-state index contributed by atoms with van der Waals surface area (Å²) in [6, 6.07) is 0.261. The lowest BCUT2D eigenvalue weighted by molar-refractivity contribution is -0.168. The monoisotopic (exact) mass is 213 g/mol. The van der Waals surface area contributed by atoms with Gasteiger partial charge in [0.1, 0.15) is 0 Å². The number of hydrogen-bond donors (Lipinski definition) is 0. The molecule has 0 radical (unpaired) electrons. The van der Waals surface area contributed by atoms with Crippen LogP contribution in [0.1, 0.15) is 33.6 Å². The van der Waals surface area contributed by atoms with Crippen molar-refractivity contribution in [2.45, 2.75) is 39.7 Å². The Labute approximate surface area is 90.6 Å². The van der Waals surface area contributed by atoms with E-state index in [1.165, 1.54) is 0 Å². The van der Waals surface area contributed by atoms with Gasteiger partial charge in [-0.05, 0) is 19.3 Å². The molecule has 0 saturated carbocycles. The average molecular weight is 213 g/mol. The van der Waals surface area contributed by atoms with Crippen LogP contribution in [0, 0.1) is 5.92 Å². The molecular weight excluding hydrogens is 194 g/mol. The Morgan fingerprint density at radius 2 is 1.80 bits per heavy atom. The number of carbonyl (C=O) groups excluding carboxylic acids is 2. The Hall–Kier alpha value is -0.900. The minimum atomic E-state index is -0.428. The number of ether oxygens (including phenoxy) is 1. The molecule has 2 unspecified atom stereocenters. The molecule has 0 N–H and O–H groups in total. The number of rotatable bonds is 4. The maximum Gasteiger partial charge on any atom is 0.327 e. The zero-order valence-electron chi connectivity index (χ0n) is 9.66. The zero-order valence-corrected chi connectivity index (χ0v) is 9.66. The summed E-state index contributed by atoms with van der Waals surface area (Å²) in [5.74, 6) is -0.238. The van der Waals surface area contributed by atoms with Gasteiger partial charge < -0.3 is 4.74 Å². The van der Waals surface area contributed by atoms with Crippen LogP contribution in [-0.4, -0.2) is 36.0 Å². The Kier molecular flexibility index (Phi) is 4.27. The first-order valence-electron chi connectivity index (χ1n) is 5.50. The van der Waals surface area contributed by atoms with Crippen molar-refractivity contribution >= 4 is 11.9 Å². The van der Waals surface area contributed by atoms with Crippen LogP contribution in [0.5, 0.6) is 0 Å². The van der Waals surface area contributed by atoms with Crippen LogP contribution in [0.3, 0.4) is 0 Å². The molecule has 0 aromatic rings. The van der Waals surface area contributed by atoms with Crippen molar-refractivity contribution < 1.29 is 14.3 Å².